The summed E-state index contributed by atoms with van der Waals surface area (Å²) in [4.78, 5) is 14.4. The molecule has 0 bridgehead atoms. The number of ether oxygens (including phenoxy) is 1. The molecule has 2 N–H and O–H groups in total. The van der Waals surface area contributed by atoms with E-state index in [1.807, 2.05) is 12.1 Å². The van der Waals surface area contributed by atoms with Crippen LogP contribution < -0.4 is 10.5 Å². The van der Waals surface area contributed by atoms with Gasteiger partial charge in [-0.15, -0.1) is 12.4 Å². The zero-order valence-electron chi connectivity index (χ0n) is 15.2. The molecule has 1 saturated carbocycles. The Morgan fingerprint density at radius 3 is 2.60 bits per heavy atom. The lowest BCUT2D eigenvalue weighted by atomic mass is 9.98. The lowest BCUT2D eigenvalue weighted by Gasteiger charge is -2.18. The molecule has 2 fully saturated rings. The summed E-state index contributed by atoms with van der Waals surface area (Å²) in [5.41, 5.74) is 7.49. The second-order valence-electron chi connectivity index (χ2n) is 7.37. The molecule has 1 aliphatic heterocycles. The maximum Gasteiger partial charge on any atom is 0.222 e. The highest BCUT2D eigenvalue weighted by Crippen LogP contribution is 2.37. The maximum atomic E-state index is 12.4. The summed E-state index contributed by atoms with van der Waals surface area (Å²) >= 11 is 0. The van der Waals surface area contributed by atoms with E-state index in [1.54, 1.807) is 7.11 Å². The number of aryl methyl sites for hydroxylation is 1. The number of carbonyl (C=O) groups is 1. The number of hydrogen-bond donors (Lipinski definition) is 1. The van der Waals surface area contributed by atoms with Crippen LogP contribution in [0.5, 0.6) is 5.75 Å². The fourth-order valence-corrected chi connectivity index (χ4v) is 4.24. The average Bonchev–Trinajstić information content (AvgIpc) is 3.17. The Labute approximate surface area is 157 Å². The van der Waals surface area contributed by atoms with Crippen LogP contribution in [0.4, 0.5) is 0 Å². The Morgan fingerprint density at radius 2 is 1.92 bits per heavy atom. The van der Waals surface area contributed by atoms with Crippen LogP contribution in [-0.2, 0) is 11.2 Å². The topological polar surface area (TPSA) is 55.6 Å². The van der Waals surface area contributed by atoms with E-state index in [0.717, 1.165) is 50.9 Å². The molecule has 0 radical (unpaired) electrons. The largest absolute Gasteiger partial charge is 0.497 e. The Balaban J connectivity index is 0.00000225. The first-order chi connectivity index (χ1) is 11.7. The number of likely N-dealkylation sites (tertiary alicyclic amines) is 1. The van der Waals surface area contributed by atoms with Gasteiger partial charge in [-0.05, 0) is 61.6 Å². The van der Waals surface area contributed by atoms with Gasteiger partial charge in [0.2, 0.25) is 5.91 Å². The molecule has 1 aromatic carbocycles. The van der Waals surface area contributed by atoms with Gasteiger partial charge in [0.25, 0.3) is 0 Å². The van der Waals surface area contributed by atoms with Gasteiger partial charge in [0.1, 0.15) is 5.75 Å². The van der Waals surface area contributed by atoms with Crippen molar-refractivity contribution in [3.05, 3.63) is 29.8 Å². The summed E-state index contributed by atoms with van der Waals surface area (Å²) in [6.45, 7) is 1.85. The standard InChI is InChI=1S/C20H30N2O2.ClH/c1-24-17-10-7-15(8-11-17)5-3-2-4-6-20(23)22-13-16-9-12-19(21)18(16)14-22;/h7-8,10-11,16,18-19H,2-6,9,12-14,21H2,1H3;1H. The summed E-state index contributed by atoms with van der Waals surface area (Å²) < 4.78 is 5.17. The monoisotopic (exact) mass is 366 g/mol. The number of amides is 1. The second kappa shape index (κ2) is 9.44. The molecule has 1 amide bonds. The lowest BCUT2D eigenvalue weighted by Crippen LogP contribution is -2.33. The van der Waals surface area contributed by atoms with E-state index in [9.17, 15) is 4.79 Å². The molecule has 3 rings (SSSR count). The zero-order chi connectivity index (χ0) is 16.9. The van der Waals surface area contributed by atoms with Crippen molar-refractivity contribution in [3.8, 4) is 5.75 Å². The van der Waals surface area contributed by atoms with Gasteiger partial charge in [0.05, 0.1) is 7.11 Å². The van der Waals surface area contributed by atoms with Crippen LogP contribution >= 0.6 is 12.4 Å². The summed E-state index contributed by atoms with van der Waals surface area (Å²) in [7, 11) is 1.69. The average molecular weight is 367 g/mol. The van der Waals surface area contributed by atoms with Crippen molar-refractivity contribution < 1.29 is 9.53 Å². The molecule has 1 heterocycles. The molecule has 2 aliphatic rings. The number of methoxy groups -OCH3 is 1. The molecule has 0 aromatic heterocycles. The second-order valence-corrected chi connectivity index (χ2v) is 7.37. The fourth-order valence-electron chi connectivity index (χ4n) is 4.24. The van der Waals surface area contributed by atoms with Gasteiger partial charge in [0, 0.05) is 25.6 Å². The summed E-state index contributed by atoms with van der Waals surface area (Å²) in [6.07, 6.45) is 7.35. The van der Waals surface area contributed by atoms with Crippen LogP contribution in [-0.4, -0.2) is 37.0 Å². The Hall–Kier alpha value is -1.26. The maximum absolute atomic E-state index is 12.4. The number of halogens is 1. The summed E-state index contributed by atoms with van der Waals surface area (Å²) in [6, 6.07) is 8.57. The van der Waals surface area contributed by atoms with Crippen LogP contribution in [0.2, 0.25) is 0 Å². The molecule has 0 spiro atoms. The Morgan fingerprint density at radius 1 is 1.16 bits per heavy atom. The number of nitrogens with two attached hydrogens (primary N) is 1. The predicted octanol–water partition coefficient (Wildman–Crippen LogP) is 3.42. The van der Waals surface area contributed by atoms with Gasteiger partial charge in [-0.25, -0.2) is 0 Å². The van der Waals surface area contributed by atoms with Gasteiger partial charge in [0.15, 0.2) is 0 Å². The number of unbranched alkanes of at least 4 members (excludes halogenated alkanes) is 2. The smallest absolute Gasteiger partial charge is 0.222 e. The molecule has 1 aliphatic carbocycles. The first kappa shape index (κ1) is 20.1. The molecular weight excluding hydrogens is 336 g/mol. The first-order valence-corrected chi connectivity index (χ1v) is 9.33. The van der Waals surface area contributed by atoms with Crippen molar-refractivity contribution in [1.29, 1.82) is 0 Å². The van der Waals surface area contributed by atoms with Gasteiger partial charge >= 0.3 is 0 Å². The Kier molecular flexibility index (Phi) is 7.57. The van der Waals surface area contributed by atoms with Crippen LogP contribution in [0.3, 0.4) is 0 Å². The van der Waals surface area contributed by atoms with Crippen LogP contribution in [0.25, 0.3) is 0 Å². The van der Waals surface area contributed by atoms with Gasteiger partial charge in [-0.1, -0.05) is 18.6 Å². The first-order valence-electron chi connectivity index (χ1n) is 9.33. The van der Waals surface area contributed by atoms with E-state index in [0.29, 0.717) is 30.2 Å². The zero-order valence-corrected chi connectivity index (χ0v) is 16.0. The normalized spacial score (nSPS) is 24.7. The van der Waals surface area contributed by atoms with E-state index < -0.39 is 0 Å². The van der Waals surface area contributed by atoms with Crippen LogP contribution in [0, 0.1) is 11.8 Å². The molecule has 1 saturated heterocycles. The molecule has 25 heavy (non-hydrogen) atoms. The minimum absolute atomic E-state index is 0. The van der Waals surface area contributed by atoms with Crippen molar-refractivity contribution in [3.63, 3.8) is 0 Å². The van der Waals surface area contributed by atoms with E-state index in [2.05, 4.69) is 17.0 Å². The highest BCUT2D eigenvalue weighted by atomic mass is 35.5. The third-order valence-corrected chi connectivity index (χ3v) is 5.78. The third kappa shape index (κ3) is 5.11. The van der Waals surface area contributed by atoms with Gasteiger partial charge in [-0.2, -0.15) is 0 Å². The van der Waals surface area contributed by atoms with Crippen molar-refractivity contribution in [2.24, 2.45) is 17.6 Å². The lowest BCUT2D eigenvalue weighted by molar-refractivity contribution is -0.130. The molecule has 5 heteroatoms. The molecule has 3 unspecified atom stereocenters. The van der Waals surface area contributed by atoms with Crippen LogP contribution in [0.1, 0.15) is 44.1 Å². The predicted molar refractivity (Wildman–Crippen MR) is 103 cm³/mol. The van der Waals surface area contributed by atoms with Crippen molar-refractivity contribution in [2.45, 2.75) is 51.0 Å². The number of nitrogens with zero attached hydrogens (tertiary/aromatic N) is 1. The highest BCUT2D eigenvalue weighted by molar-refractivity contribution is 5.85. The minimum Gasteiger partial charge on any atom is -0.497 e. The highest BCUT2D eigenvalue weighted by Gasteiger charge is 2.42. The van der Waals surface area contributed by atoms with Gasteiger partial charge < -0.3 is 15.4 Å². The fraction of sp³-hybridized carbons (Fsp3) is 0.650. The minimum atomic E-state index is 0. The molecular formula is C20H31ClN2O2. The molecule has 1 aromatic rings. The van der Waals surface area contributed by atoms with Gasteiger partial charge in [-0.3, -0.25) is 4.79 Å². The summed E-state index contributed by atoms with van der Waals surface area (Å²) in [5, 5.41) is 0. The van der Waals surface area contributed by atoms with Crippen LogP contribution in [0.15, 0.2) is 24.3 Å². The summed E-state index contributed by atoms with van der Waals surface area (Å²) in [5.74, 6) is 2.46. The number of hydrogen-bond acceptors (Lipinski definition) is 3. The quantitative estimate of drug-likeness (QED) is 0.752. The van der Waals surface area contributed by atoms with E-state index >= 15 is 0 Å². The number of benzene rings is 1. The van der Waals surface area contributed by atoms with E-state index in [1.165, 1.54) is 12.0 Å². The molecule has 4 nitrogen and oxygen atoms in total. The van der Waals surface area contributed by atoms with Crippen molar-refractivity contribution in [2.75, 3.05) is 20.2 Å². The number of carbonyl (C=O) groups excluding carboxylic acids is 1. The van der Waals surface area contributed by atoms with Crippen molar-refractivity contribution >= 4 is 18.3 Å². The van der Waals surface area contributed by atoms with E-state index in [-0.39, 0.29) is 12.4 Å². The molecule has 140 valence electrons. The van der Waals surface area contributed by atoms with Crippen molar-refractivity contribution in [1.82, 2.24) is 4.90 Å². The number of fused-ring (bicyclic) bond motifs is 1. The Bertz CT molecular complexity index is 549. The SMILES string of the molecule is COc1ccc(CCCCCC(=O)N2CC3CCC(N)C3C2)cc1.Cl. The third-order valence-electron chi connectivity index (χ3n) is 5.78. The molecule has 3 atom stereocenters. The number of rotatable bonds is 7. The van der Waals surface area contributed by atoms with E-state index in [4.69, 9.17) is 10.5 Å².